The number of ketones is 1. The van der Waals surface area contributed by atoms with Gasteiger partial charge in [-0.15, -0.1) is 0 Å². The maximum atomic E-state index is 12.9. The standard InChI is InChI=1S/C29H33ClO4S.C2H6/c1-7-20(3)33-26-18-17-25(19-27(26)35(6,30)32)34-24-15-11-22(12-16-24)28(31)21-9-13-23(14-10-21)29(4,5)8-2;1-2/h9-20H,6-8H2,1-5H3;1-2H3. The number of carbonyl (C=O) groups excluding carboxylic acids is 1. The van der Waals surface area contributed by atoms with Crippen LogP contribution in [0.1, 0.15) is 82.8 Å². The van der Waals surface area contributed by atoms with Crippen LogP contribution in [0.4, 0.5) is 0 Å². The Morgan fingerprint density at radius 3 is 1.95 bits per heavy atom. The van der Waals surface area contributed by atoms with E-state index in [1.54, 1.807) is 42.5 Å². The Morgan fingerprint density at radius 1 is 0.946 bits per heavy atom. The minimum Gasteiger partial charge on any atom is -0.489 e. The Labute approximate surface area is 227 Å². The lowest BCUT2D eigenvalue weighted by Gasteiger charge is -2.23. The quantitative estimate of drug-likeness (QED) is 0.146. The first-order valence-electron chi connectivity index (χ1n) is 12.8. The highest BCUT2D eigenvalue weighted by Gasteiger charge is 2.19. The van der Waals surface area contributed by atoms with Crippen molar-refractivity contribution in [2.75, 3.05) is 0 Å². The monoisotopic (exact) mass is 542 g/mol. The van der Waals surface area contributed by atoms with Gasteiger partial charge in [-0.05, 0) is 83.7 Å². The molecule has 0 aliphatic carbocycles. The molecule has 0 heterocycles. The summed E-state index contributed by atoms with van der Waals surface area (Å²) in [6.07, 6.45) is 1.76. The fraction of sp³-hybridized carbons (Fsp3) is 0.355. The molecule has 3 aromatic rings. The van der Waals surface area contributed by atoms with Gasteiger partial charge in [0.15, 0.2) is 5.78 Å². The van der Waals surface area contributed by atoms with E-state index in [2.05, 4.69) is 26.6 Å². The van der Waals surface area contributed by atoms with Gasteiger partial charge >= 0.3 is 0 Å². The van der Waals surface area contributed by atoms with Crippen molar-refractivity contribution in [3.8, 4) is 17.2 Å². The normalized spacial score (nSPS) is 13.5. The molecule has 0 saturated heterocycles. The highest BCUT2D eigenvalue weighted by Crippen LogP contribution is 2.34. The minimum absolute atomic E-state index is 0.0508. The molecule has 6 heteroatoms. The van der Waals surface area contributed by atoms with Gasteiger partial charge in [-0.25, -0.2) is 4.21 Å². The highest BCUT2D eigenvalue weighted by atomic mass is 35.7. The van der Waals surface area contributed by atoms with Gasteiger partial charge in [0.2, 0.25) is 0 Å². The Hall–Kier alpha value is -2.76. The second-order valence-corrected chi connectivity index (χ2v) is 12.4. The summed E-state index contributed by atoms with van der Waals surface area (Å²) in [7, 11) is 3.02. The average molecular weight is 543 g/mol. The Balaban J connectivity index is 0.00000235. The van der Waals surface area contributed by atoms with Gasteiger partial charge in [-0.2, -0.15) is 0 Å². The highest BCUT2D eigenvalue weighted by molar-refractivity contribution is 8.21. The molecule has 3 rings (SSSR count). The molecule has 0 aromatic heterocycles. The number of halogens is 1. The molecule has 0 N–H and O–H groups in total. The molecule has 0 saturated carbocycles. The molecule has 0 spiro atoms. The number of hydrogen-bond donors (Lipinski definition) is 0. The van der Waals surface area contributed by atoms with E-state index in [1.165, 1.54) is 5.56 Å². The van der Waals surface area contributed by atoms with E-state index in [0.717, 1.165) is 12.8 Å². The van der Waals surface area contributed by atoms with E-state index in [9.17, 15) is 9.00 Å². The number of rotatable bonds is 10. The van der Waals surface area contributed by atoms with E-state index in [4.69, 9.17) is 20.2 Å². The summed E-state index contributed by atoms with van der Waals surface area (Å²) in [4.78, 5) is 13.2. The number of hydrogen-bond acceptors (Lipinski definition) is 4. The third-order valence-electron chi connectivity index (χ3n) is 6.31. The third-order valence-corrected chi connectivity index (χ3v) is 7.79. The summed E-state index contributed by atoms with van der Waals surface area (Å²) in [5.41, 5.74) is 2.50. The van der Waals surface area contributed by atoms with Crippen LogP contribution in [0.15, 0.2) is 71.6 Å². The topological polar surface area (TPSA) is 52.6 Å². The van der Waals surface area contributed by atoms with Crippen LogP contribution in [-0.2, 0) is 14.2 Å². The van der Waals surface area contributed by atoms with E-state index in [-0.39, 0.29) is 17.3 Å². The molecule has 2 unspecified atom stereocenters. The molecule has 0 aliphatic rings. The van der Waals surface area contributed by atoms with Gasteiger partial charge in [-0.1, -0.05) is 65.8 Å². The van der Waals surface area contributed by atoms with E-state index >= 15 is 0 Å². The van der Waals surface area contributed by atoms with Gasteiger partial charge in [0, 0.05) is 17.2 Å². The van der Waals surface area contributed by atoms with Crippen LogP contribution in [0, 0.1) is 0 Å². The first-order chi connectivity index (χ1) is 17.4. The van der Waals surface area contributed by atoms with Crippen LogP contribution in [-0.4, -0.2) is 22.0 Å². The lowest BCUT2D eigenvalue weighted by atomic mass is 9.82. The lowest BCUT2D eigenvalue weighted by Crippen LogP contribution is -2.15. The summed E-state index contributed by atoms with van der Waals surface area (Å²) >= 11 is 0. The zero-order valence-electron chi connectivity index (χ0n) is 23.0. The molecule has 3 aromatic carbocycles. The van der Waals surface area contributed by atoms with Gasteiger partial charge in [-0.3, -0.25) is 4.79 Å². The number of benzene rings is 3. The van der Waals surface area contributed by atoms with Crippen molar-refractivity contribution in [1.29, 1.82) is 0 Å². The van der Waals surface area contributed by atoms with Crippen molar-refractivity contribution in [3.05, 3.63) is 83.4 Å². The SMILES string of the molecule is C=S(=O)(Cl)c1cc(Oc2ccc(C(=O)c3ccc(C(C)(C)CC)cc3)cc2)ccc1OC(C)CC.CC. The predicted molar refractivity (Wildman–Crippen MR) is 157 cm³/mol. The van der Waals surface area contributed by atoms with Crippen LogP contribution in [0.3, 0.4) is 0 Å². The Bertz CT molecular complexity index is 1280. The largest absolute Gasteiger partial charge is 0.489 e. The first kappa shape index (κ1) is 30.5. The fourth-order valence-corrected chi connectivity index (χ4v) is 4.51. The molecule has 37 heavy (non-hydrogen) atoms. The average Bonchev–Trinajstić information content (AvgIpc) is 2.90. The van der Waals surface area contributed by atoms with Crippen molar-refractivity contribution in [1.82, 2.24) is 0 Å². The summed E-state index contributed by atoms with van der Waals surface area (Å²) < 4.78 is 24.3. The van der Waals surface area contributed by atoms with Crippen molar-refractivity contribution in [2.45, 2.75) is 77.7 Å². The van der Waals surface area contributed by atoms with E-state index in [0.29, 0.717) is 33.3 Å². The second-order valence-electron chi connectivity index (χ2n) is 9.31. The zero-order chi connectivity index (χ0) is 27.8. The molecule has 0 amide bonds. The first-order valence-corrected chi connectivity index (χ1v) is 15.3. The summed E-state index contributed by atoms with van der Waals surface area (Å²) in [5, 5.41) is 0. The molecule has 0 aliphatic heterocycles. The van der Waals surface area contributed by atoms with Crippen LogP contribution < -0.4 is 9.47 Å². The van der Waals surface area contributed by atoms with Gasteiger partial charge < -0.3 is 9.47 Å². The zero-order valence-corrected chi connectivity index (χ0v) is 24.5. The molecule has 200 valence electrons. The van der Waals surface area contributed by atoms with E-state index < -0.39 is 8.74 Å². The minimum atomic E-state index is -3.04. The van der Waals surface area contributed by atoms with Crippen LogP contribution >= 0.6 is 10.7 Å². The summed E-state index contributed by atoms with van der Waals surface area (Å²) in [6, 6.07) is 19.7. The van der Waals surface area contributed by atoms with E-state index in [1.807, 2.05) is 52.0 Å². The van der Waals surface area contributed by atoms with Crippen LogP contribution in [0.5, 0.6) is 17.2 Å². The van der Waals surface area contributed by atoms with Crippen molar-refractivity contribution in [3.63, 3.8) is 0 Å². The maximum absolute atomic E-state index is 12.9. The molecule has 2 atom stereocenters. The maximum Gasteiger partial charge on any atom is 0.193 e. The predicted octanol–water partition coefficient (Wildman–Crippen LogP) is 8.83. The smallest absolute Gasteiger partial charge is 0.193 e. The van der Waals surface area contributed by atoms with Gasteiger partial charge in [0.05, 0.1) is 19.7 Å². The van der Waals surface area contributed by atoms with Crippen molar-refractivity contribution >= 4 is 31.1 Å². The number of carbonyl (C=O) groups is 1. The Kier molecular flexibility index (Phi) is 10.8. The van der Waals surface area contributed by atoms with Crippen LogP contribution in [0.25, 0.3) is 0 Å². The lowest BCUT2D eigenvalue weighted by molar-refractivity contribution is 0.103. The Morgan fingerprint density at radius 2 is 1.46 bits per heavy atom. The molecule has 0 bridgehead atoms. The summed E-state index contributed by atoms with van der Waals surface area (Å²) in [5.74, 6) is 4.94. The summed E-state index contributed by atoms with van der Waals surface area (Å²) in [6.45, 7) is 14.5. The molecule has 0 fully saturated rings. The van der Waals surface area contributed by atoms with Gasteiger partial charge in [0.1, 0.15) is 17.2 Å². The molecular weight excluding hydrogens is 504 g/mol. The second kappa shape index (κ2) is 13.2. The van der Waals surface area contributed by atoms with Crippen molar-refractivity contribution in [2.24, 2.45) is 0 Å². The fourth-order valence-electron chi connectivity index (χ4n) is 3.44. The third kappa shape index (κ3) is 8.11. The molecular formula is C31H39ClO4S. The number of ether oxygens (including phenoxy) is 2. The molecule has 4 nitrogen and oxygen atoms in total. The van der Waals surface area contributed by atoms with Crippen molar-refractivity contribution < 1.29 is 18.5 Å². The van der Waals surface area contributed by atoms with Gasteiger partial charge in [0.25, 0.3) is 0 Å². The molecule has 0 radical (unpaired) electrons. The van der Waals surface area contributed by atoms with Crippen LogP contribution in [0.2, 0.25) is 0 Å².